The number of likely N-dealkylation sites (tertiary alicyclic amines) is 1. The zero-order valence-corrected chi connectivity index (χ0v) is 20.1. The van der Waals surface area contributed by atoms with Crippen molar-refractivity contribution in [3.63, 3.8) is 0 Å². The van der Waals surface area contributed by atoms with E-state index in [1.807, 2.05) is 6.92 Å². The van der Waals surface area contributed by atoms with E-state index >= 15 is 0 Å². The fraction of sp³-hybridized carbons (Fsp3) is 0.391. The molecule has 2 fully saturated rings. The lowest BCUT2D eigenvalue weighted by Crippen LogP contribution is -2.42. The third-order valence-electron chi connectivity index (χ3n) is 5.98. The Bertz CT molecular complexity index is 1130. The van der Waals surface area contributed by atoms with Gasteiger partial charge in [0.15, 0.2) is 0 Å². The van der Waals surface area contributed by atoms with Gasteiger partial charge in [-0.3, -0.25) is 4.79 Å². The molecular weight excluding hydrogens is 474 g/mol. The molecule has 0 unspecified atom stereocenters. The molecule has 3 heterocycles. The van der Waals surface area contributed by atoms with Crippen molar-refractivity contribution in [3.05, 3.63) is 56.9 Å². The van der Waals surface area contributed by atoms with Gasteiger partial charge in [0, 0.05) is 25.0 Å². The topological polar surface area (TPSA) is 71.0 Å². The van der Waals surface area contributed by atoms with Crippen LogP contribution in [-0.4, -0.2) is 44.4 Å². The van der Waals surface area contributed by atoms with Gasteiger partial charge in [0.25, 0.3) is 5.91 Å². The van der Waals surface area contributed by atoms with E-state index in [0.29, 0.717) is 30.1 Å². The Morgan fingerprint density at radius 2 is 1.87 bits per heavy atom. The molecule has 1 amide bonds. The molecule has 3 atom stereocenters. The third kappa shape index (κ3) is 4.11. The zero-order chi connectivity index (χ0) is 21.7. The summed E-state index contributed by atoms with van der Waals surface area (Å²) in [7, 11) is 0. The summed E-state index contributed by atoms with van der Waals surface area (Å²) in [6, 6.07) is 6.90. The van der Waals surface area contributed by atoms with Gasteiger partial charge in [-0.1, -0.05) is 29.3 Å². The molecule has 2 aromatic heterocycles. The van der Waals surface area contributed by atoms with Crippen molar-refractivity contribution in [1.82, 2.24) is 19.9 Å². The van der Waals surface area contributed by atoms with Crippen LogP contribution in [0.15, 0.2) is 35.1 Å². The Kier molecular flexibility index (Phi) is 5.30. The summed E-state index contributed by atoms with van der Waals surface area (Å²) in [6.45, 7) is 6.80. The highest BCUT2D eigenvalue weighted by atomic mass is 79.9. The molecule has 1 aliphatic heterocycles. The van der Waals surface area contributed by atoms with Crippen LogP contribution >= 0.6 is 27.3 Å². The maximum Gasteiger partial charge on any atom is 0.274 e. The predicted molar refractivity (Wildman–Crippen MR) is 126 cm³/mol. The number of nitrogens with zero attached hydrogens (tertiary/aromatic N) is 4. The molecular formula is C23H24BrN5OS. The molecule has 5 rings (SSSR count). The van der Waals surface area contributed by atoms with Gasteiger partial charge >= 0.3 is 0 Å². The monoisotopic (exact) mass is 497 g/mol. The zero-order valence-electron chi connectivity index (χ0n) is 17.7. The van der Waals surface area contributed by atoms with Gasteiger partial charge in [0.05, 0.1) is 20.4 Å². The SMILES string of the molecule is Cc1cc(C)cc(-c2sc(C)nc2C(=O)N2[C@H](CNc3ncc(Br)cn3)C[C@@H]3C[C@@H]32)c1. The van der Waals surface area contributed by atoms with Crippen molar-refractivity contribution >= 4 is 39.1 Å². The smallest absolute Gasteiger partial charge is 0.274 e. The predicted octanol–water partition coefficient (Wildman–Crippen LogP) is 5.00. The van der Waals surface area contributed by atoms with Crippen LogP contribution in [0.1, 0.15) is 39.5 Å². The summed E-state index contributed by atoms with van der Waals surface area (Å²) in [4.78, 5) is 30.0. The number of piperidine rings is 1. The number of carbonyl (C=O) groups excluding carboxylic acids is 1. The number of carbonyl (C=O) groups is 1. The molecule has 1 aliphatic carbocycles. The van der Waals surface area contributed by atoms with Crippen molar-refractivity contribution in [2.24, 2.45) is 5.92 Å². The molecule has 0 radical (unpaired) electrons. The number of aryl methyl sites for hydroxylation is 3. The number of nitrogens with one attached hydrogen (secondary N) is 1. The van der Waals surface area contributed by atoms with Crippen LogP contribution in [-0.2, 0) is 0 Å². The molecule has 0 bridgehead atoms. The van der Waals surface area contributed by atoms with E-state index in [9.17, 15) is 4.79 Å². The number of rotatable bonds is 5. The lowest BCUT2D eigenvalue weighted by atomic mass is 10.0. The Balaban J connectivity index is 1.40. The van der Waals surface area contributed by atoms with Gasteiger partial charge in [-0.15, -0.1) is 11.3 Å². The fourth-order valence-corrected chi connectivity index (χ4v) is 5.77. The molecule has 2 aliphatic rings. The van der Waals surface area contributed by atoms with E-state index in [1.54, 1.807) is 23.7 Å². The second kappa shape index (κ2) is 7.98. The molecule has 1 saturated heterocycles. The van der Waals surface area contributed by atoms with E-state index in [4.69, 9.17) is 0 Å². The molecule has 1 saturated carbocycles. The van der Waals surface area contributed by atoms with Crippen LogP contribution in [0, 0.1) is 26.7 Å². The van der Waals surface area contributed by atoms with Crippen LogP contribution in [0.2, 0.25) is 0 Å². The maximum absolute atomic E-state index is 13.7. The molecule has 8 heteroatoms. The van der Waals surface area contributed by atoms with Gasteiger partial charge < -0.3 is 10.2 Å². The second-order valence-electron chi connectivity index (χ2n) is 8.56. The Hall–Kier alpha value is -2.32. The van der Waals surface area contributed by atoms with Gasteiger partial charge in [-0.05, 0) is 61.0 Å². The Morgan fingerprint density at radius 3 is 2.58 bits per heavy atom. The molecule has 160 valence electrons. The van der Waals surface area contributed by atoms with Crippen LogP contribution in [0.25, 0.3) is 10.4 Å². The Morgan fingerprint density at radius 1 is 1.16 bits per heavy atom. The normalized spacial score (nSPS) is 21.8. The summed E-state index contributed by atoms with van der Waals surface area (Å²) in [6.07, 6.45) is 5.55. The first-order valence-electron chi connectivity index (χ1n) is 10.5. The molecule has 1 N–H and O–H groups in total. The largest absolute Gasteiger partial charge is 0.352 e. The highest BCUT2D eigenvalue weighted by molar-refractivity contribution is 9.10. The van der Waals surface area contributed by atoms with Crippen LogP contribution in [0.3, 0.4) is 0 Å². The van der Waals surface area contributed by atoms with E-state index in [2.05, 4.69) is 73.1 Å². The van der Waals surface area contributed by atoms with Crippen LogP contribution < -0.4 is 5.32 Å². The summed E-state index contributed by atoms with van der Waals surface area (Å²) in [5.41, 5.74) is 4.06. The van der Waals surface area contributed by atoms with Crippen molar-refractivity contribution in [2.45, 2.75) is 45.7 Å². The summed E-state index contributed by atoms with van der Waals surface area (Å²) < 4.78 is 0.842. The average Bonchev–Trinajstić information content (AvgIpc) is 3.21. The van der Waals surface area contributed by atoms with Gasteiger partial charge in [0.1, 0.15) is 5.69 Å². The van der Waals surface area contributed by atoms with E-state index in [-0.39, 0.29) is 11.9 Å². The fourth-order valence-electron chi connectivity index (χ4n) is 4.67. The van der Waals surface area contributed by atoms with Crippen LogP contribution in [0.4, 0.5) is 5.95 Å². The highest BCUT2D eigenvalue weighted by Crippen LogP contribution is 2.49. The number of amides is 1. The van der Waals surface area contributed by atoms with Crippen molar-refractivity contribution in [2.75, 3.05) is 11.9 Å². The first kappa shape index (κ1) is 20.6. The van der Waals surface area contributed by atoms with E-state index in [0.717, 1.165) is 32.8 Å². The van der Waals surface area contributed by atoms with Crippen molar-refractivity contribution in [1.29, 1.82) is 0 Å². The minimum Gasteiger partial charge on any atom is -0.352 e. The summed E-state index contributed by atoms with van der Waals surface area (Å²) >= 11 is 4.96. The maximum atomic E-state index is 13.7. The van der Waals surface area contributed by atoms with E-state index < -0.39 is 0 Å². The molecule has 31 heavy (non-hydrogen) atoms. The van der Waals surface area contributed by atoms with E-state index in [1.165, 1.54) is 11.1 Å². The minimum atomic E-state index is 0.0482. The number of thiazole rings is 1. The van der Waals surface area contributed by atoms with Crippen molar-refractivity contribution < 1.29 is 4.79 Å². The number of benzene rings is 1. The molecule has 3 aromatic rings. The second-order valence-corrected chi connectivity index (χ2v) is 10.7. The molecule has 0 spiro atoms. The Labute approximate surface area is 194 Å². The van der Waals surface area contributed by atoms with Gasteiger partial charge in [-0.2, -0.15) is 0 Å². The first-order valence-corrected chi connectivity index (χ1v) is 12.1. The molecule has 6 nitrogen and oxygen atoms in total. The van der Waals surface area contributed by atoms with Gasteiger partial charge in [0.2, 0.25) is 5.95 Å². The van der Waals surface area contributed by atoms with Crippen molar-refractivity contribution in [3.8, 4) is 10.4 Å². The lowest BCUT2D eigenvalue weighted by molar-refractivity contribution is 0.0704. The summed E-state index contributed by atoms with van der Waals surface area (Å²) in [5, 5.41) is 4.22. The average molecular weight is 498 g/mol. The van der Waals surface area contributed by atoms with Crippen LogP contribution in [0.5, 0.6) is 0 Å². The highest BCUT2D eigenvalue weighted by Gasteiger charge is 2.54. The van der Waals surface area contributed by atoms with Gasteiger partial charge in [-0.25, -0.2) is 15.0 Å². The lowest BCUT2D eigenvalue weighted by Gasteiger charge is -2.27. The number of fused-ring (bicyclic) bond motifs is 1. The third-order valence-corrected chi connectivity index (χ3v) is 7.41. The quantitative estimate of drug-likeness (QED) is 0.536. The number of hydrogen-bond donors (Lipinski definition) is 1. The standard InChI is InChI=1S/C23H24BrN5OS/c1-12-4-13(2)6-16(5-12)21-20(28-14(3)31-21)22(30)29-18(7-15-8-19(15)29)11-27-23-25-9-17(24)10-26-23/h4-6,9-10,15,18-19H,7-8,11H2,1-3H3,(H,25,26,27)/t15-,18+,19+/m1/s1. The summed E-state index contributed by atoms with van der Waals surface area (Å²) in [5.74, 6) is 1.23. The molecule has 1 aromatic carbocycles. The number of anilines is 1. The minimum absolute atomic E-state index is 0.0482. The number of hydrogen-bond acceptors (Lipinski definition) is 6. The first-order chi connectivity index (χ1) is 14.9. The number of halogens is 1. The number of aromatic nitrogens is 3.